The second kappa shape index (κ2) is 8.99. The van der Waals surface area contributed by atoms with Crippen molar-refractivity contribution in [2.45, 2.75) is 33.0 Å². The molecule has 7 heteroatoms. The number of ether oxygens (including phenoxy) is 2. The van der Waals surface area contributed by atoms with E-state index in [0.29, 0.717) is 31.1 Å². The van der Waals surface area contributed by atoms with Crippen LogP contribution in [0.15, 0.2) is 65.5 Å². The van der Waals surface area contributed by atoms with E-state index in [1.807, 2.05) is 54.8 Å². The van der Waals surface area contributed by atoms with E-state index in [-0.39, 0.29) is 23.0 Å². The number of aryl methyl sites for hydroxylation is 1. The quantitative estimate of drug-likeness (QED) is 0.417. The summed E-state index contributed by atoms with van der Waals surface area (Å²) < 4.78 is 15.1. The van der Waals surface area contributed by atoms with Gasteiger partial charge in [0, 0.05) is 34.1 Å². The Kier molecular flexibility index (Phi) is 5.87. The molecule has 174 valence electrons. The molecule has 0 spiro atoms. The van der Waals surface area contributed by atoms with E-state index < -0.39 is 0 Å². The number of carbonyl (C=O) groups is 1. The van der Waals surface area contributed by atoms with Crippen LogP contribution in [0.3, 0.4) is 0 Å². The minimum Gasteiger partial charge on any atom is -0.486 e. The van der Waals surface area contributed by atoms with E-state index in [9.17, 15) is 9.59 Å². The first-order chi connectivity index (χ1) is 16.4. The molecule has 1 aliphatic rings. The molecule has 3 heterocycles. The van der Waals surface area contributed by atoms with Gasteiger partial charge in [0.05, 0.1) is 13.1 Å². The van der Waals surface area contributed by atoms with Gasteiger partial charge >= 0.3 is 0 Å². The molecular formula is C27H26N2O4S. The van der Waals surface area contributed by atoms with Crippen LogP contribution in [0.2, 0.25) is 0 Å². The van der Waals surface area contributed by atoms with Gasteiger partial charge in [-0.25, -0.2) is 0 Å². The van der Waals surface area contributed by atoms with Gasteiger partial charge in [0.15, 0.2) is 23.0 Å². The Bertz CT molecular complexity index is 1410. The van der Waals surface area contributed by atoms with Crippen molar-refractivity contribution in [2.75, 3.05) is 13.7 Å². The third kappa shape index (κ3) is 4.19. The van der Waals surface area contributed by atoms with E-state index in [1.165, 1.54) is 10.8 Å². The molecule has 4 aromatic rings. The van der Waals surface area contributed by atoms with E-state index in [0.717, 1.165) is 21.7 Å². The maximum atomic E-state index is 13.4. The zero-order valence-corrected chi connectivity index (χ0v) is 20.2. The minimum atomic E-state index is -0.278. The molecule has 2 aromatic heterocycles. The summed E-state index contributed by atoms with van der Waals surface area (Å²) in [5.41, 5.74) is 1.37. The number of rotatable bonds is 5. The maximum Gasteiger partial charge on any atom is 0.259 e. The van der Waals surface area contributed by atoms with Crippen molar-refractivity contribution >= 4 is 27.3 Å². The van der Waals surface area contributed by atoms with E-state index in [4.69, 9.17) is 9.47 Å². The molecule has 0 fully saturated rings. The minimum absolute atomic E-state index is 0.200. The maximum absolute atomic E-state index is 13.4. The smallest absolute Gasteiger partial charge is 0.259 e. The molecule has 1 aliphatic heterocycles. The summed E-state index contributed by atoms with van der Waals surface area (Å²) in [7, 11) is 1.74. The number of thiophene rings is 1. The molecule has 0 N–H and O–H groups in total. The summed E-state index contributed by atoms with van der Waals surface area (Å²) in [5.74, 6) is 1.15. The Morgan fingerprint density at radius 2 is 1.82 bits per heavy atom. The summed E-state index contributed by atoms with van der Waals surface area (Å²) in [6, 6.07) is 19.4. The molecule has 0 saturated carbocycles. The molecule has 1 amide bonds. The second-order valence-electron chi connectivity index (χ2n) is 8.63. The van der Waals surface area contributed by atoms with E-state index in [2.05, 4.69) is 18.2 Å². The third-order valence-corrected chi connectivity index (χ3v) is 7.26. The van der Waals surface area contributed by atoms with Crippen LogP contribution in [-0.2, 0) is 13.1 Å². The highest BCUT2D eigenvalue weighted by molar-refractivity contribution is 7.19. The van der Waals surface area contributed by atoms with Crippen molar-refractivity contribution in [1.29, 1.82) is 0 Å². The topological polar surface area (TPSA) is 60.8 Å². The fourth-order valence-electron chi connectivity index (χ4n) is 4.43. The molecule has 0 unspecified atom stereocenters. The average molecular weight is 475 g/mol. The van der Waals surface area contributed by atoms with Gasteiger partial charge in [0.2, 0.25) is 0 Å². The van der Waals surface area contributed by atoms with Crippen molar-refractivity contribution in [3.8, 4) is 11.5 Å². The number of carbonyl (C=O) groups excluding carboxylic acids is 1. The van der Waals surface area contributed by atoms with Gasteiger partial charge in [-0.2, -0.15) is 0 Å². The van der Waals surface area contributed by atoms with Gasteiger partial charge < -0.3 is 18.9 Å². The molecule has 0 aliphatic carbocycles. The van der Waals surface area contributed by atoms with Crippen LogP contribution < -0.4 is 14.9 Å². The summed E-state index contributed by atoms with van der Waals surface area (Å²) in [6.07, 6.45) is -0.228. The zero-order chi connectivity index (χ0) is 23.8. The van der Waals surface area contributed by atoms with Gasteiger partial charge in [-0.3, -0.25) is 9.59 Å². The molecule has 0 radical (unpaired) electrons. The van der Waals surface area contributed by atoms with Crippen LogP contribution in [0, 0.1) is 13.8 Å². The number of pyridine rings is 1. The number of hydrogen-bond acceptors (Lipinski definition) is 5. The van der Waals surface area contributed by atoms with Crippen LogP contribution in [0.1, 0.15) is 26.6 Å². The monoisotopic (exact) mass is 474 g/mol. The SMILES string of the molecule is Cc1cc(=O)c(C(=O)N(C)Cc2cc3ccccc3s2)c(C)n1C[C@H]1COc2ccccc2O1. The molecule has 0 saturated heterocycles. The summed E-state index contributed by atoms with van der Waals surface area (Å²) in [4.78, 5) is 29.0. The van der Waals surface area contributed by atoms with Gasteiger partial charge in [-0.05, 0) is 43.5 Å². The predicted molar refractivity (Wildman–Crippen MR) is 134 cm³/mol. The zero-order valence-electron chi connectivity index (χ0n) is 19.4. The highest BCUT2D eigenvalue weighted by Gasteiger charge is 2.25. The molecule has 34 heavy (non-hydrogen) atoms. The van der Waals surface area contributed by atoms with Gasteiger partial charge in [-0.15, -0.1) is 11.3 Å². The molecular weight excluding hydrogens is 448 g/mol. The molecule has 1 atom stereocenters. The lowest BCUT2D eigenvalue weighted by atomic mass is 10.1. The largest absolute Gasteiger partial charge is 0.486 e. The first kappa shape index (κ1) is 22.2. The number of para-hydroxylation sites is 2. The lowest BCUT2D eigenvalue weighted by Crippen LogP contribution is -2.37. The Morgan fingerprint density at radius 1 is 1.09 bits per heavy atom. The number of amides is 1. The van der Waals surface area contributed by atoms with Crippen LogP contribution in [-0.4, -0.2) is 35.1 Å². The lowest BCUT2D eigenvalue weighted by molar-refractivity contribution is 0.0756. The van der Waals surface area contributed by atoms with E-state index >= 15 is 0 Å². The Balaban J connectivity index is 1.39. The average Bonchev–Trinajstić information content (AvgIpc) is 3.23. The summed E-state index contributed by atoms with van der Waals surface area (Å²) in [5, 5.41) is 1.16. The number of hydrogen-bond donors (Lipinski definition) is 0. The van der Waals surface area contributed by atoms with Crippen molar-refractivity contribution < 1.29 is 14.3 Å². The van der Waals surface area contributed by atoms with E-state index in [1.54, 1.807) is 23.3 Å². The first-order valence-corrected chi connectivity index (χ1v) is 12.0. The highest BCUT2D eigenvalue weighted by atomic mass is 32.1. The number of fused-ring (bicyclic) bond motifs is 2. The van der Waals surface area contributed by atoms with Crippen molar-refractivity contribution in [1.82, 2.24) is 9.47 Å². The van der Waals surface area contributed by atoms with Crippen LogP contribution in [0.5, 0.6) is 11.5 Å². The lowest BCUT2D eigenvalue weighted by Gasteiger charge is -2.29. The van der Waals surface area contributed by atoms with Crippen LogP contribution >= 0.6 is 11.3 Å². The second-order valence-corrected chi connectivity index (χ2v) is 9.80. The van der Waals surface area contributed by atoms with Gasteiger partial charge in [-0.1, -0.05) is 30.3 Å². The first-order valence-electron chi connectivity index (χ1n) is 11.2. The van der Waals surface area contributed by atoms with Crippen molar-refractivity contribution in [3.05, 3.63) is 92.7 Å². The number of nitrogens with zero attached hydrogens (tertiary/aromatic N) is 2. The Labute approximate surface area is 202 Å². The van der Waals surface area contributed by atoms with Crippen LogP contribution in [0.4, 0.5) is 0 Å². The normalized spacial score (nSPS) is 14.9. The third-order valence-electron chi connectivity index (χ3n) is 6.16. The Hall–Kier alpha value is -3.58. The Morgan fingerprint density at radius 3 is 2.62 bits per heavy atom. The molecule has 6 nitrogen and oxygen atoms in total. The highest BCUT2D eigenvalue weighted by Crippen LogP contribution is 2.31. The van der Waals surface area contributed by atoms with Crippen molar-refractivity contribution in [2.24, 2.45) is 0 Å². The molecule has 0 bridgehead atoms. The predicted octanol–water partition coefficient (Wildman–Crippen LogP) is 4.79. The van der Waals surface area contributed by atoms with Gasteiger partial charge in [0.1, 0.15) is 12.2 Å². The number of benzene rings is 2. The molecule has 2 aromatic carbocycles. The summed E-state index contributed by atoms with van der Waals surface area (Å²) in [6.45, 7) is 5.03. The van der Waals surface area contributed by atoms with Gasteiger partial charge in [0.25, 0.3) is 5.91 Å². The van der Waals surface area contributed by atoms with Crippen molar-refractivity contribution in [3.63, 3.8) is 0 Å². The fourth-order valence-corrected chi connectivity index (χ4v) is 5.54. The molecule has 5 rings (SSSR count). The number of aromatic nitrogens is 1. The summed E-state index contributed by atoms with van der Waals surface area (Å²) >= 11 is 1.66. The van der Waals surface area contributed by atoms with Crippen LogP contribution in [0.25, 0.3) is 10.1 Å². The standard InChI is InChI=1S/C27H26N2O4S/c1-17-12-22(30)26(27(31)28(3)15-21-13-19-8-4-7-11-25(19)34-21)18(2)29(17)14-20-16-32-23-9-5-6-10-24(23)33-20/h4-13,20H,14-16H2,1-3H3/t20-/m0/s1. The fraction of sp³-hybridized carbons (Fsp3) is 0.259.